The van der Waals surface area contributed by atoms with Gasteiger partial charge in [0.05, 0.1) is 6.61 Å². The van der Waals surface area contributed by atoms with Gasteiger partial charge < -0.3 is 10.8 Å². The molecule has 3 nitrogen and oxygen atoms in total. The van der Waals surface area contributed by atoms with E-state index in [1.54, 1.807) is 0 Å². The molecule has 2 fully saturated rings. The third-order valence-electron chi connectivity index (χ3n) is 4.83. The van der Waals surface area contributed by atoms with E-state index in [2.05, 4.69) is 25.7 Å². The van der Waals surface area contributed by atoms with Crippen LogP contribution in [0, 0.1) is 17.3 Å². The average molecular weight is 240 g/mol. The Morgan fingerprint density at radius 2 is 1.76 bits per heavy atom. The lowest BCUT2D eigenvalue weighted by molar-refractivity contribution is 0.0820. The van der Waals surface area contributed by atoms with E-state index in [0.717, 1.165) is 24.9 Å². The number of hydrogen-bond acceptors (Lipinski definition) is 3. The van der Waals surface area contributed by atoms with Crippen molar-refractivity contribution in [2.75, 3.05) is 19.7 Å². The molecule has 0 aromatic heterocycles. The summed E-state index contributed by atoms with van der Waals surface area (Å²) in [6.07, 6.45) is 4.16. The molecule has 0 spiro atoms. The van der Waals surface area contributed by atoms with E-state index < -0.39 is 0 Å². The zero-order chi connectivity index (χ0) is 12.6. The van der Waals surface area contributed by atoms with Crippen molar-refractivity contribution in [3.8, 4) is 0 Å². The second-order valence-electron chi connectivity index (χ2n) is 7.05. The number of nitrogens with zero attached hydrogens (tertiary/aromatic N) is 1. The second-order valence-corrected chi connectivity index (χ2v) is 7.05. The molecule has 4 atom stereocenters. The van der Waals surface area contributed by atoms with Crippen molar-refractivity contribution in [3.63, 3.8) is 0 Å². The van der Waals surface area contributed by atoms with E-state index in [9.17, 15) is 5.11 Å². The average Bonchev–Trinajstić information content (AvgIpc) is 2.77. The lowest BCUT2D eigenvalue weighted by Gasteiger charge is -2.38. The molecule has 0 bridgehead atoms. The van der Waals surface area contributed by atoms with Gasteiger partial charge in [0, 0.05) is 25.2 Å². The molecule has 1 heterocycles. The summed E-state index contributed by atoms with van der Waals surface area (Å²) in [6.45, 7) is 8.99. The van der Waals surface area contributed by atoms with Crippen molar-refractivity contribution in [1.82, 2.24) is 4.90 Å². The van der Waals surface area contributed by atoms with Crippen LogP contribution in [0.5, 0.6) is 0 Å². The number of hydrogen-bond donors (Lipinski definition) is 2. The third-order valence-corrected chi connectivity index (χ3v) is 4.83. The number of rotatable bonds is 3. The second kappa shape index (κ2) is 4.87. The van der Waals surface area contributed by atoms with Gasteiger partial charge in [-0.1, -0.05) is 27.2 Å². The summed E-state index contributed by atoms with van der Waals surface area (Å²) in [6, 6.07) is 0.187. The fraction of sp³-hybridized carbons (Fsp3) is 1.00. The Labute approximate surface area is 105 Å². The van der Waals surface area contributed by atoms with E-state index in [-0.39, 0.29) is 24.1 Å². The van der Waals surface area contributed by atoms with Gasteiger partial charge in [0.15, 0.2) is 0 Å². The molecular formula is C14H28N2O. The monoisotopic (exact) mass is 240 g/mol. The predicted molar refractivity (Wildman–Crippen MR) is 70.7 cm³/mol. The SMILES string of the molecule is CC(C)(C)C(N)C(CO)N1CC2CCCC2C1. The maximum absolute atomic E-state index is 9.66. The lowest BCUT2D eigenvalue weighted by atomic mass is 9.82. The number of nitrogens with two attached hydrogens (primary N) is 1. The summed E-state index contributed by atoms with van der Waals surface area (Å²) in [5, 5.41) is 9.66. The molecule has 0 aromatic carbocycles. The highest BCUT2D eigenvalue weighted by molar-refractivity contribution is 4.96. The molecule has 100 valence electrons. The molecule has 1 saturated carbocycles. The molecular weight excluding hydrogens is 212 g/mol. The molecule has 2 rings (SSSR count). The summed E-state index contributed by atoms with van der Waals surface area (Å²) in [4.78, 5) is 2.45. The third kappa shape index (κ3) is 2.67. The van der Waals surface area contributed by atoms with Gasteiger partial charge in [0.1, 0.15) is 0 Å². The van der Waals surface area contributed by atoms with Crippen LogP contribution in [-0.2, 0) is 0 Å². The Morgan fingerprint density at radius 1 is 1.24 bits per heavy atom. The van der Waals surface area contributed by atoms with Gasteiger partial charge in [0.2, 0.25) is 0 Å². The summed E-state index contributed by atoms with van der Waals surface area (Å²) in [5.74, 6) is 1.74. The Morgan fingerprint density at radius 3 is 2.18 bits per heavy atom. The van der Waals surface area contributed by atoms with Gasteiger partial charge in [0.25, 0.3) is 0 Å². The highest BCUT2D eigenvalue weighted by Crippen LogP contribution is 2.39. The number of aliphatic hydroxyl groups is 1. The van der Waals surface area contributed by atoms with Crippen molar-refractivity contribution in [2.45, 2.75) is 52.1 Å². The summed E-state index contributed by atoms with van der Waals surface area (Å²) < 4.78 is 0. The van der Waals surface area contributed by atoms with Gasteiger partial charge in [-0.3, -0.25) is 4.90 Å². The number of aliphatic hydroxyl groups excluding tert-OH is 1. The molecule has 1 aliphatic heterocycles. The summed E-state index contributed by atoms with van der Waals surface area (Å²) >= 11 is 0. The van der Waals surface area contributed by atoms with Crippen LogP contribution in [0.2, 0.25) is 0 Å². The molecule has 3 heteroatoms. The van der Waals surface area contributed by atoms with Crippen LogP contribution < -0.4 is 5.73 Å². The van der Waals surface area contributed by atoms with Crippen molar-refractivity contribution in [3.05, 3.63) is 0 Å². The molecule has 4 unspecified atom stereocenters. The minimum absolute atomic E-state index is 0.0475. The smallest absolute Gasteiger partial charge is 0.0602 e. The van der Waals surface area contributed by atoms with Gasteiger partial charge in [-0.25, -0.2) is 0 Å². The predicted octanol–water partition coefficient (Wildman–Crippen LogP) is 1.45. The van der Waals surface area contributed by atoms with Crippen molar-refractivity contribution in [2.24, 2.45) is 23.0 Å². The van der Waals surface area contributed by atoms with Gasteiger partial charge in [-0.05, 0) is 30.1 Å². The molecule has 0 aromatic rings. The first-order valence-corrected chi connectivity index (χ1v) is 7.04. The maximum Gasteiger partial charge on any atom is 0.0602 e. The number of fused-ring (bicyclic) bond motifs is 1. The topological polar surface area (TPSA) is 49.5 Å². The van der Waals surface area contributed by atoms with Gasteiger partial charge >= 0.3 is 0 Å². The minimum atomic E-state index is 0.0475. The zero-order valence-electron chi connectivity index (χ0n) is 11.5. The van der Waals surface area contributed by atoms with Gasteiger partial charge in [-0.2, -0.15) is 0 Å². The quantitative estimate of drug-likeness (QED) is 0.785. The van der Waals surface area contributed by atoms with E-state index in [1.165, 1.54) is 19.3 Å². The minimum Gasteiger partial charge on any atom is -0.395 e. The first-order chi connectivity index (χ1) is 7.93. The van der Waals surface area contributed by atoms with Crippen LogP contribution in [0.3, 0.4) is 0 Å². The fourth-order valence-electron chi connectivity index (χ4n) is 3.58. The van der Waals surface area contributed by atoms with Crippen LogP contribution in [0.1, 0.15) is 40.0 Å². The highest BCUT2D eigenvalue weighted by Gasteiger charge is 2.41. The Hall–Kier alpha value is -0.120. The van der Waals surface area contributed by atoms with E-state index in [1.807, 2.05) is 0 Å². The van der Waals surface area contributed by atoms with Crippen molar-refractivity contribution >= 4 is 0 Å². The van der Waals surface area contributed by atoms with Crippen LogP contribution in [-0.4, -0.2) is 41.8 Å². The fourth-order valence-corrected chi connectivity index (χ4v) is 3.58. The molecule has 1 aliphatic carbocycles. The zero-order valence-corrected chi connectivity index (χ0v) is 11.5. The maximum atomic E-state index is 9.66. The first-order valence-electron chi connectivity index (χ1n) is 7.04. The highest BCUT2D eigenvalue weighted by atomic mass is 16.3. The molecule has 3 N–H and O–H groups in total. The first kappa shape index (κ1) is 13.3. The van der Waals surface area contributed by atoms with E-state index in [4.69, 9.17) is 5.73 Å². The molecule has 2 aliphatic rings. The normalized spacial score (nSPS) is 33.7. The van der Waals surface area contributed by atoms with Crippen LogP contribution >= 0.6 is 0 Å². The largest absolute Gasteiger partial charge is 0.395 e. The Balaban J connectivity index is 2.00. The van der Waals surface area contributed by atoms with Crippen LogP contribution in [0.25, 0.3) is 0 Å². The molecule has 0 radical (unpaired) electrons. The Bertz CT molecular complexity index is 249. The Kier molecular flexibility index (Phi) is 3.81. The molecule has 17 heavy (non-hydrogen) atoms. The van der Waals surface area contributed by atoms with Crippen molar-refractivity contribution < 1.29 is 5.11 Å². The lowest BCUT2D eigenvalue weighted by Crippen LogP contribution is -2.55. The molecule has 0 amide bonds. The standard InChI is InChI=1S/C14H28N2O/c1-14(2,3)13(15)12(9-17)16-7-10-5-4-6-11(10)8-16/h10-13,17H,4-9,15H2,1-3H3. The van der Waals surface area contributed by atoms with E-state index in [0.29, 0.717) is 0 Å². The van der Waals surface area contributed by atoms with E-state index >= 15 is 0 Å². The van der Waals surface area contributed by atoms with Crippen LogP contribution in [0.15, 0.2) is 0 Å². The van der Waals surface area contributed by atoms with Gasteiger partial charge in [-0.15, -0.1) is 0 Å². The van der Waals surface area contributed by atoms with Crippen LogP contribution in [0.4, 0.5) is 0 Å². The molecule has 1 saturated heterocycles. The summed E-state index contributed by atoms with van der Waals surface area (Å²) in [7, 11) is 0. The van der Waals surface area contributed by atoms with Crippen molar-refractivity contribution in [1.29, 1.82) is 0 Å². The number of likely N-dealkylation sites (tertiary alicyclic amines) is 1. The summed E-state index contributed by atoms with van der Waals surface area (Å²) in [5.41, 5.74) is 6.39.